The molecule has 0 bridgehead atoms. The monoisotopic (exact) mass is 438 g/mol. The van der Waals surface area contributed by atoms with E-state index in [0.29, 0.717) is 34.9 Å². The first-order chi connectivity index (χ1) is 15.0. The summed E-state index contributed by atoms with van der Waals surface area (Å²) >= 11 is 0. The second-order valence-corrected chi connectivity index (χ2v) is 9.73. The number of hydrogen-bond acceptors (Lipinski definition) is 6. The number of benzene rings is 2. The van der Waals surface area contributed by atoms with Crippen molar-refractivity contribution in [3.63, 3.8) is 0 Å². The molecular formula is C21H22N6O3S. The van der Waals surface area contributed by atoms with Crippen LogP contribution in [-0.2, 0) is 22.9 Å². The van der Waals surface area contributed by atoms with Gasteiger partial charge in [0.2, 0.25) is 15.8 Å². The lowest BCUT2D eigenvalue weighted by atomic mass is 10.1. The highest BCUT2D eigenvalue weighted by atomic mass is 32.2. The Morgan fingerprint density at radius 3 is 2.55 bits per heavy atom. The molecule has 9 nitrogen and oxygen atoms in total. The van der Waals surface area contributed by atoms with E-state index in [4.69, 9.17) is 0 Å². The fourth-order valence-corrected chi connectivity index (χ4v) is 5.72. The highest BCUT2D eigenvalue weighted by molar-refractivity contribution is 7.89. The first-order valence-corrected chi connectivity index (χ1v) is 11.7. The molecule has 0 spiro atoms. The van der Waals surface area contributed by atoms with Gasteiger partial charge in [0.05, 0.1) is 4.90 Å². The molecule has 1 fully saturated rings. The van der Waals surface area contributed by atoms with Crippen LogP contribution in [0.15, 0.2) is 47.4 Å². The summed E-state index contributed by atoms with van der Waals surface area (Å²) in [6.07, 6.45) is 3.03. The van der Waals surface area contributed by atoms with Crippen molar-refractivity contribution < 1.29 is 13.2 Å². The lowest BCUT2D eigenvalue weighted by Gasteiger charge is -2.34. The van der Waals surface area contributed by atoms with E-state index in [1.165, 1.54) is 9.87 Å². The molecule has 1 aliphatic heterocycles. The van der Waals surface area contributed by atoms with Crippen molar-refractivity contribution in [1.29, 1.82) is 0 Å². The van der Waals surface area contributed by atoms with Gasteiger partial charge in [-0.25, -0.2) is 8.42 Å². The zero-order chi connectivity index (χ0) is 21.4. The molecule has 0 atom stereocenters. The molecule has 1 N–H and O–H groups in total. The molecule has 3 aromatic rings. The SMILES string of the molecule is O=C(c1cccc(-c2nn[nH]n2)c1)N1CCN(S(=O)(=O)c2ccc3c(c2)CCC3)CC1. The van der Waals surface area contributed by atoms with Gasteiger partial charge in [-0.2, -0.15) is 9.52 Å². The Bertz CT molecular complexity index is 1220. The minimum absolute atomic E-state index is 0.139. The summed E-state index contributed by atoms with van der Waals surface area (Å²) in [5.41, 5.74) is 3.59. The first kappa shape index (κ1) is 19.8. The molecule has 2 aromatic carbocycles. The second-order valence-electron chi connectivity index (χ2n) is 7.80. The molecule has 0 saturated carbocycles. The number of tetrazole rings is 1. The minimum Gasteiger partial charge on any atom is -0.336 e. The van der Waals surface area contributed by atoms with Crippen LogP contribution >= 0.6 is 0 Å². The lowest BCUT2D eigenvalue weighted by Crippen LogP contribution is -2.50. The van der Waals surface area contributed by atoms with Crippen LogP contribution in [-0.4, -0.2) is 70.3 Å². The molecule has 0 radical (unpaired) electrons. The van der Waals surface area contributed by atoms with Crippen LogP contribution in [0.4, 0.5) is 0 Å². The van der Waals surface area contributed by atoms with Gasteiger partial charge in [0.25, 0.3) is 5.91 Å². The lowest BCUT2D eigenvalue weighted by molar-refractivity contribution is 0.0698. The van der Waals surface area contributed by atoms with Gasteiger partial charge in [0.15, 0.2) is 0 Å². The zero-order valence-electron chi connectivity index (χ0n) is 16.9. The molecular weight excluding hydrogens is 416 g/mol. The molecule has 2 heterocycles. The predicted molar refractivity (Wildman–Crippen MR) is 113 cm³/mol. The Morgan fingerprint density at radius 2 is 1.77 bits per heavy atom. The second kappa shape index (κ2) is 7.86. The average Bonchev–Trinajstić information content (AvgIpc) is 3.50. The third-order valence-corrected chi connectivity index (χ3v) is 7.84. The van der Waals surface area contributed by atoms with Crippen molar-refractivity contribution in [1.82, 2.24) is 29.8 Å². The van der Waals surface area contributed by atoms with Crippen LogP contribution in [0.1, 0.15) is 27.9 Å². The number of rotatable bonds is 4. The van der Waals surface area contributed by atoms with E-state index >= 15 is 0 Å². The number of hydrogen-bond donors (Lipinski definition) is 1. The van der Waals surface area contributed by atoms with Gasteiger partial charge in [-0.05, 0) is 59.9 Å². The van der Waals surface area contributed by atoms with E-state index in [9.17, 15) is 13.2 Å². The molecule has 10 heteroatoms. The number of carbonyl (C=O) groups is 1. The Kier molecular flexibility index (Phi) is 5.03. The number of fused-ring (bicyclic) bond motifs is 1. The Hall–Kier alpha value is -3.11. The number of H-pyrrole nitrogens is 1. The fourth-order valence-electron chi connectivity index (χ4n) is 4.25. The van der Waals surface area contributed by atoms with E-state index in [-0.39, 0.29) is 19.0 Å². The summed E-state index contributed by atoms with van der Waals surface area (Å²) in [7, 11) is -3.57. The van der Waals surface area contributed by atoms with Crippen molar-refractivity contribution >= 4 is 15.9 Å². The third kappa shape index (κ3) is 3.72. The van der Waals surface area contributed by atoms with Crippen molar-refractivity contribution in [2.75, 3.05) is 26.2 Å². The molecule has 1 saturated heterocycles. The van der Waals surface area contributed by atoms with Gasteiger partial charge in [-0.15, -0.1) is 10.2 Å². The molecule has 2 aliphatic rings. The number of aromatic nitrogens is 4. The van der Waals surface area contributed by atoms with Gasteiger partial charge in [-0.3, -0.25) is 4.79 Å². The van der Waals surface area contributed by atoms with Crippen LogP contribution in [0.25, 0.3) is 11.4 Å². The number of nitrogens with zero attached hydrogens (tertiary/aromatic N) is 5. The van der Waals surface area contributed by atoms with Crippen molar-refractivity contribution in [2.24, 2.45) is 0 Å². The molecule has 5 rings (SSSR count). The van der Waals surface area contributed by atoms with Crippen molar-refractivity contribution in [2.45, 2.75) is 24.2 Å². The molecule has 31 heavy (non-hydrogen) atoms. The van der Waals surface area contributed by atoms with Gasteiger partial charge >= 0.3 is 0 Å². The molecule has 1 aromatic heterocycles. The van der Waals surface area contributed by atoms with Crippen LogP contribution in [0.3, 0.4) is 0 Å². The fraction of sp³-hybridized carbons (Fsp3) is 0.333. The summed E-state index contributed by atoms with van der Waals surface area (Å²) in [6.45, 7) is 1.23. The highest BCUT2D eigenvalue weighted by Crippen LogP contribution is 2.27. The van der Waals surface area contributed by atoms with Crippen molar-refractivity contribution in [3.05, 3.63) is 59.2 Å². The van der Waals surface area contributed by atoms with E-state index in [2.05, 4.69) is 20.6 Å². The Labute approximate surface area is 180 Å². The highest BCUT2D eigenvalue weighted by Gasteiger charge is 2.31. The molecule has 1 aliphatic carbocycles. The smallest absolute Gasteiger partial charge is 0.253 e. The predicted octanol–water partition coefficient (Wildman–Crippen LogP) is 1.50. The number of sulfonamides is 1. The van der Waals surface area contributed by atoms with Crippen molar-refractivity contribution in [3.8, 4) is 11.4 Å². The van der Waals surface area contributed by atoms with E-state index in [0.717, 1.165) is 24.8 Å². The number of amides is 1. The summed E-state index contributed by atoms with van der Waals surface area (Å²) in [6, 6.07) is 12.5. The Morgan fingerprint density at radius 1 is 0.968 bits per heavy atom. The zero-order valence-corrected chi connectivity index (χ0v) is 17.7. The van der Waals surface area contributed by atoms with Gasteiger partial charge in [0, 0.05) is 37.3 Å². The first-order valence-electron chi connectivity index (χ1n) is 10.3. The number of carbonyl (C=O) groups excluding carboxylic acids is 1. The number of piperazine rings is 1. The third-order valence-electron chi connectivity index (χ3n) is 5.95. The minimum atomic E-state index is -3.57. The Balaban J connectivity index is 1.28. The maximum absolute atomic E-state index is 13.1. The van der Waals surface area contributed by atoms with Crippen LogP contribution < -0.4 is 0 Å². The van der Waals surface area contributed by atoms with E-state index < -0.39 is 10.0 Å². The number of aryl methyl sites for hydroxylation is 2. The summed E-state index contributed by atoms with van der Waals surface area (Å²) in [4.78, 5) is 15.0. The van der Waals surface area contributed by atoms with Crippen LogP contribution in [0, 0.1) is 0 Å². The summed E-state index contributed by atoms with van der Waals surface area (Å²) in [5, 5.41) is 13.8. The topological polar surface area (TPSA) is 112 Å². The molecule has 0 unspecified atom stereocenters. The van der Waals surface area contributed by atoms with E-state index in [1.807, 2.05) is 18.2 Å². The van der Waals surface area contributed by atoms with Crippen LogP contribution in [0.2, 0.25) is 0 Å². The average molecular weight is 439 g/mol. The molecule has 160 valence electrons. The summed E-state index contributed by atoms with van der Waals surface area (Å²) in [5.74, 6) is 0.278. The van der Waals surface area contributed by atoms with Crippen LogP contribution in [0.5, 0.6) is 0 Å². The summed E-state index contributed by atoms with van der Waals surface area (Å²) < 4.78 is 27.7. The van der Waals surface area contributed by atoms with E-state index in [1.54, 1.807) is 29.2 Å². The normalized spacial score (nSPS) is 17.0. The quantitative estimate of drug-likeness (QED) is 0.661. The van der Waals surface area contributed by atoms with Gasteiger partial charge in [-0.1, -0.05) is 18.2 Å². The van der Waals surface area contributed by atoms with Gasteiger partial charge in [0.1, 0.15) is 0 Å². The maximum atomic E-state index is 13.1. The van der Waals surface area contributed by atoms with Gasteiger partial charge < -0.3 is 4.90 Å². The largest absolute Gasteiger partial charge is 0.336 e. The maximum Gasteiger partial charge on any atom is 0.253 e. The number of aromatic amines is 1. The molecule has 1 amide bonds. The number of nitrogens with one attached hydrogen (secondary N) is 1. The standard InChI is InChI=1S/C21H22N6O3S/c28-21(18-6-2-5-17(13-18)20-22-24-25-23-20)26-9-11-27(12-10-26)31(29,30)19-8-7-15-3-1-4-16(15)14-19/h2,5-8,13-14H,1,3-4,9-12H2,(H,22,23,24,25).